The van der Waals surface area contributed by atoms with Gasteiger partial charge in [0.2, 0.25) is 0 Å². The van der Waals surface area contributed by atoms with Crippen LogP contribution in [0.25, 0.3) is 0 Å². The predicted molar refractivity (Wildman–Crippen MR) is 30.7 cm³/mol. The molecule has 0 spiro atoms. The van der Waals surface area contributed by atoms with Gasteiger partial charge in [-0.1, -0.05) is 0 Å². The minimum Gasteiger partial charge on any atom is -0.310 e. The van der Waals surface area contributed by atoms with Gasteiger partial charge in [0, 0.05) is 18.7 Å². The molecule has 1 rings (SSSR count). The first-order valence-corrected chi connectivity index (χ1v) is 2.93. The van der Waals surface area contributed by atoms with Gasteiger partial charge >= 0.3 is 6.18 Å². The lowest BCUT2D eigenvalue weighted by Gasteiger charge is -2.03. The second kappa shape index (κ2) is 2.48. The summed E-state index contributed by atoms with van der Waals surface area (Å²) in [6, 6.07) is 0. The van der Waals surface area contributed by atoms with Crippen LogP contribution in [0.5, 0.6) is 0 Å². The Labute approximate surface area is 56.1 Å². The highest BCUT2D eigenvalue weighted by atomic mass is 19.4. The van der Waals surface area contributed by atoms with E-state index < -0.39 is 12.6 Å². The Hall–Kier alpha value is -0.740. The van der Waals surface area contributed by atoms with Gasteiger partial charge < -0.3 is 5.43 Å². The molecule has 1 aliphatic heterocycles. The van der Waals surface area contributed by atoms with E-state index in [0.717, 1.165) is 0 Å². The van der Waals surface area contributed by atoms with Crippen molar-refractivity contribution >= 4 is 5.71 Å². The van der Waals surface area contributed by atoms with Gasteiger partial charge in [0.05, 0.1) is 6.42 Å². The molecule has 0 saturated heterocycles. The van der Waals surface area contributed by atoms with Crippen molar-refractivity contribution in [3.63, 3.8) is 0 Å². The molecule has 0 aromatic carbocycles. The summed E-state index contributed by atoms with van der Waals surface area (Å²) in [6.45, 7) is 0.533. The molecular weight excluding hydrogens is 145 g/mol. The van der Waals surface area contributed by atoms with Gasteiger partial charge in [0.15, 0.2) is 0 Å². The summed E-state index contributed by atoms with van der Waals surface area (Å²) in [5, 5.41) is 3.47. The zero-order valence-corrected chi connectivity index (χ0v) is 5.20. The van der Waals surface area contributed by atoms with Crippen LogP contribution in [0.1, 0.15) is 12.8 Å². The first-order valence-electron chi connectivity index (χ1n) is 2.93. The lowest BCUT2D eigenvalue weighted by atomic mass is 10.2. The minimum atomic E-state index is -4.11. The third kappa shape index (κ3) is 2.24. The fraction of sp³-hybridized carbons (Fsp3) is 0.800. The Balaban J connectivity index is 2.38. The zero-order valence-electron chi connectivity index (χ0n) is 5.20. The van der Waals surface area contributed by atoms with Gasteiger partial charge in [-0.3, -0.25) is 0 Å². The molecule has 1 N–H and O–H groups in total. The third-order valence-electron chi connectivity index (χ3n) is 1.17. The van der Waals surface area contributed by atoms with E-state index in [1.54, 1.807) is 0 Å². The molecule has 1 aliphatic rings. The Morgan fingerprint density at radius 3 is 2.60 bits per heavy atom. The number of hydrazone groups is 1. The van der Waals surface area contributed by atoms with E-state index in [4.69, 9.17) is 0 Å². The van der Waals surface area contributed by atoms with Crippen molar-refractivity contribution in [3.05, 3.63) is 0 Å². The van der Waals surface area contributed by atoms with Gasteiger partial charge in [-0.15, -0.1) is 0 Å². The summed E-state index contributed by atoms with van der Waals surface area (Å²) in [7, 11) is 0. The van der Waals surface area contributed by atoms with Crippen LogP contribution >= 0.6 is 0 Å². The van der Waals surface area contributed by atoms with E-state index in [1.165, 1.54) is 0 Å². The lowest BCUT2D eigenvalue weighted by Crippen LogP contribution is -2.13. The van der Waals surface area contributed by atoms with E-state index in [9.17, 15) is 13.2 Å². The van der Waals surface area contributed by atoms with Crippen molar-refractivity contribution in [2.75, 3.05) is 6.54 Å². The van der Waals surface area contributed by atoms with Crippen molar-refractivity contribution in [2.24, 2.45) is 5.10 Å². The molecule has 0 saturated carbocycles. The molecule has 0 fully saturated rings. The van der Waals surface area contributed by atoms with Crippen molar-refractivity contribution in [1.29, 1.82) is 0 Å². The van der Waals surface area contributed by atoms with E-state index in [0.29, 0.717) is 13.0 Å². The molecule has 0 aliphatic carbocycles. The number of hydrogen-bond acceptors (Lipinski definition) is 2. The summed E-state index contributed by atoms with van der Waals surface area (Å²) in [5.74, 6) is 0. The zero-order chi connectivity index (χ0) is 7.61. The highest BCUT2D eigenvalue weighted by molar-refractivity contribution is 5.86. The summed E-state index contributed by atoms with van der Waals surface area (Å²) >= 11 is 0. The molecule has 0 atom stereocenters. The maximum Gasteiger partial charge on any atom is 0.394 e. The Morgan fingerprint density at radius 2 is 2.20 bits per heavy atom. The average molecular weight is 152 g/mol. The molecule has 1 heterocycles. The molecule has 2 nitrogen and oxygen atoms in total. The van der Waals surface area contributed by atoms with Crippen molar-refractivity contribution < 1.29 is 13.2 Å². The number of hydrogen-bond donors (Lipinski definition) is 1. The van der Waals surface area contributed by atoms with E-state index in [2.05, 4.69) is 10.5 Å². The second-order valence-corrected chi connectivity index (χ2v) is 2.13. The largest absolute Gasteiger partial charge is 0.394 e. The number of rotatable bonds is 1. The van der Waals surface area contributed by atoms with Gasteiger partial charge in [-0.2, -0.15) is 18.3 Å². The first kappa shape index (κ1) is 7.37. The van der Waals surface area contributed by atoms with Crippen LogP contribution in [0.4, 0.5) is 13.2 Å². The smallest absolute Gasteiger partial charge is 0.310 e. The average Bonchev–Trinajstić information content (AvgIpc) is 2.12. The SMILES string of the molecule is FC(F)(F)CC1=NNCC1. The number of alkyl halides is 3. The fourth-order valence-electron chi connectivity index (χ4n) is 0.783. The molecule has 5 heteroatoms. The summed E-state index contributed by atoms with van der Waals surface area (Å²) in [5.41, 5.74) is 2.68. The number of nitrogens with one attached hydrogen (secondary N) is 1. The maximum atomic E-state index is 11.6. The predicted octanol–water partition coefficient (Wildman–Crippen LogP) is 1.29. The maximum absolute atomic E-state index is 11.6. The fourth-order valence-corrected chi connectivity index (χ4v) is 0.783. The van der Waals surface area contributed by atoms with Crippen LogP contribution in [-0.4, -0.2) is 18.4 Å². The third-order valence-corrected chi connectivity index (χ3v) is 1.17. The van der Waals surface area contributed by atoms with Gasteiger partial charge in [-0.05, 0) is 0 Å². The van der Waals surface area contributed by atoms with Crippen LogP contribution in [-0.2, 0) is 0 Å². The van der Waals surface area contributed by atoms with E-state index >= 15 is 0 Å². The second-order valence-electron chi connectivity index (χ2n) is 2.13. The molecule has 0 aromatic heterocycles. The molecule has 0 bridgehead atoms. The van der Waals surface area contributed by atoms with Crippen LogP contribution in [0.2, 0.25) is 0 Å². The lowest BCUT2D eigenvalue weighted by molar-refractivity contribution is -0.121. The molecule has 0 amide bonds. The molecule has 0 radical (unpaired) electrons. The highest BCUT2D eigenvalue weighted by Crippen LogP contribution is 2.21. The van der Waals surface area contributed by atoms with Gasteiger partial charge in [0.1, 0.15) is 0 Å². The van der Waals surface area contributed by atoms with Crippen LogP contribution in [0.3, 0.4) is 0 Å². The standard InChI is InChI=1S/C5H7F3N2/c6-5(7,8)3-4-1-2-9-10-4/h9H,1-3H2. The quantitative estimate of drug-likeness (QED) is 0.601. The molecule has 0 unspecified atom stereocenters. The van der Waals surface area contributed by atoms with Crippen molar-refractivity contribution in [3.8, 4) is 0 Å². The number of halogens is 3. The molecule has 10 heavy (non-hydrogen) atoms. The topological polar surface area (TPSA) is 24.4 Å². The Morgan fingerprint density at radius 1 is 1.50 bits per heavy atom. The van der Waals surface area contributed by atoms with Crippen LogP contribution in [0, 0.1) is 0 Å². The normalized spacial score (nSPS) is 18.5. The highest BCUT2D eigenvalue weighted by Gasteiger charge is 2.30. The Kier molecular flexibility index (Phi) is 1.82. The van der Waals surface area contributed by atoms with Gasteiger partial charge in [0.25, 0.3) is 0 Å². The monoisotopic (exact) mass is 152 g/mol. The summed E-state index contributed by atoms with van der Waals surface area (Å²) < 4.78 is 34.8. The summed E-state index contributed by atoms with van der Waals surface area (Å²) in [6.07, 6.45) is -4.57. The van der Waals surface area contributed by atoms with E-state index in [1.807, 2.05) is 0 Å². The number of nitrogens with zero attached hydrogens (tertiary/aromatic N) is 1. The van der Waals surface area contributed by atoms with Crippen LogP contribution in [0.15, 0.2) is 5.10 Å². The minimum absolute atomic E-state index is 0.201. The van der Waals surface area contributed by atoms with Crippen molar-refractivity contribution in [1.82, 2.24) is 5.43 Å². The first-order chi connectivity index (χ1) is 4.58. The molecular formula is C5H7F3N2. The molecule has 58 valence electrons. The Bertz CT molecular complexity index is 149. The summed E-state index contributed by atoms with van der Waals surface area (Å²) in [4.78, 5) is 0. The molecule has 0 aromatic rings. The van der Waals surface area contributed by atoms with Crippen molar-refractivity contribution in [2.45, 2.75) is 19.0 Å². The van der Waals surface area contributed by atoms with Gasteiger partial charge in [-0.25, -0.2) is 0 Å². The van der Waals surface area contributed by atoms with E-state index in [-0.39, 0.29) is 5.71 Å². The van der Waals surface area contributed by atoms with Crippen LogP contribution < -0.4 is 5.43 Å².